The Kier molecular flexibility index (Phi) is 9.25. The van der Waals surface area contributed by atoms with Crippen molar-refractivity contribution in [2.75, 3.05) is 26.2 Å². The van der Waals surface area contributed by atoms with Crippen molar-refractivity contribution >= 4 is 10.1 Å². The van der Waals surface area contributed by atoms with Gasteiger partial charge in [-0.2, -0.15) is 18.8 Å². The fourth-order valence-corrected chi connectivity index (χ4v) is 5.39. The molecule has 222 valence electrons. The Bertz CT molecular complexity index is 1780. The van der Waals surface area contributed by atoms with Crippen LogP contribution in [0.15, 0.2) is 77.9 Å². The molecule has 0 radical (unpaired) electrons. The quantitative estimate of drug-likeness (QED) is 0.267. The van der Waals surface area contributed by atoms with E-state index >= 15 is 0 Å². The Morgan fingerprint density at radius 2 is 1.77 bits per heavy atom. The van der Waals surface area contributed by atoms with Crippen molar-refractivity contribution < 1.29 is 17.7 Å². The highest BCUT2D eigenvalue weighted by molar-refractivity contribution is 7.86. The fourth-order valence-electron chi connectivity index (χ4n) is 4.99. The van der Waals surface area contributed by atoms with Gasteiger partial charge in [0.25, 0.3) is 15.7 Å². The van der Waals surface area contributed by atoms with Gasteiger partial charge in [0.2, 0.25) is 0 Å². The molecule has 1 saturated heterocycles. The lowest BCUT2D eigenvalue weighted by atomic mass is 9.98. The minimum Gasteiger partial charge on any atom is -0.490 e. The summed E-state index contributed by atoms with van der Waals surface area (Å²) in [4.78, 5) is 23.6. The van der Waals surface area contributed by atoms with Crippen LogP contribution in [0.4, 0.5) is 0 Å². The average molecular weight is 601 g/mol. The van der Waals surface area contributed by atoms with Gasteiger partial charge in [-0.3, -0.25) is 9.35 Å². The summed E-state index contributed by atoms with van der Waals surface area (Å²) < 4.78 is 39.1. The van der Waals surface area contributed by atoms with Gasteiger partial charge in [0, 0.05) is 23.7 Å². The number of ether oxygens (including phenoxy) is 1. The van der Waals surface area contributed by atoms with Crippen LogP contribution in [0.5, 0.6) is 5.75 Å². The average Bonchev–Trinajstić information content (AvgIpc) is 3.02. The summed E-state index contributed by atoms with van der Waals surface area (Å²) in [7, 11) is -4.02. The molecule has 4 aromatic rings. The third kappa shape index (κ3) is 7.90. The SMILES string of the molecule is CC(CN1CCC(COc2cnc(-c3cccc(Cn4nc(-c5cccc(C#N)c5)ccc4=O)c3)nc2)CC1)S(=O)(=O)O. The van der Waals surface area contributed by atoms with Gasteiger partial charge in [0.05, 0.1) is 48.1 Å². The maximum Gasteiger partial charge on any atom is 0.268 e. The van der Waals surface area contributed by atoms with E-state index in [0.29, 0.717) is 41.9 Å². The van der Waals surface area contributed by atoms with Gasteiger partial charge < -0.3 is 9.64 Å². The molecular formula is C31H32N6O5S. The molecule has 1 unspecified atom stereocenters. The normalized spacial score (nSPS) is 15.1. The van der Waals surface area contributed by atoms with E-state index in [1.165, 1.54) is 17.7 Å². The molecule has 43 heavy (non-hydrogen) atoms. The molecule has 1 fully saturated rings. The zero-order valence-corrected chi connectivity index (χ0v) is 24.5. The molecule has 1 aliphatic rings. The van der Waals surface area contributed by atoms with Crippen LogP contribution in [0, 0.1) is 17.2 Å². The molecule has 0 spiro atoms. The lowest BCUT2D eigenvalue weighted by Gasteiger charge is -2.32. The van der Waals surface area contributed by atoms with Gasteiger partial charge in [-0.25, -0.2) is 14.6 Å². The molecule has 12 heteroatoms. The molecule has 3 heterocycles. The smallest absolute Gasteiger partial charge is 0.268 e. The van der Waals surface area contributed by atoms with Crippen molar-refractivity contribution in [1.29, 1.82) is 5.26 Å². The fraction of sp³-hybridized carbons (Fsp3) is 0.323. The van der Waals surface area contributed by atoms with Crippen LogP contribution in [-0.4, -0.2) is 69.1 Å². The first kappa shape index (κ1) is 30.0. The molecule has 0 amide bonds. The monoisotopic (exact) mass is 600 g/mol. The van der Waals surface area contributed by atoms with Crippen LogP contribution >= 0.6 is 0 Å². The van der Waals surface area contributed by atoms with Crippen LogP contribution in [0.1, 0.15) is 30.9 Å². The predicted molar refractivity (Wildman–Crippen MR) is 161 cm³/mol. The summed E-state index contributed by atoms with van der Waals surface area (Å²) in [6, 6.07) is 20.0. The van der Waals surface area contributed by atoms with E-state index in [9.17, 15) is 23.0 Å². The summed E-state index contributed by atoms with van der Waals surface area (Å²) >= 11 is 0. The summed E-state index contributed by atoms with van der Waals surface area (Å²) in [5.41, 5.74) is 3.30. The van der Waals surface area contributed by atoms with Crippen molar-refractivity contribution in [3.63, 3.8) is 0 Å². The topological polar surface area (TPSA) is 151 Å². The van der Waals surface area contributed by atoms with Crippen molar-refractivity contribution in [3.8, 4) is 34.5 Å². The molecular weight excluding hydrogens is 568 g/mol. The molecule has 2 aromatic heterocycles. The first-order chi connectivity index (χ1) is 20.7. The van der Waals surface area contributed by atoms with E-state index in [4.69, 9.17) is 4.74 Å². The minimum atomic E-state index is -4.02. The third-order valence-electron chi connectivity index (χ3n) is 7.52. The van der Waals surface area contributed by atoms with Gasteiger partial charge in [-0.15, -0.1) is 0 Å². The lowest BCUT2D eigenvalue weighted by Crippen LogP contribution is -2.41. The maximum absolute atomic E-state index is 12.6. The van der Waals surface area contributed by atoms with E-state index in [2.05, 4.69) is 26.0 Å². The lowest BCUT2D eigenvalue weighted by molar-refractivity contribution is 0.141. The number of piperidine rings is 1. The number of rotatable bonds is 10. The molecule has 5 rings (SSSR count). The van der Waals surface area contributed by atoms with E-state index in [0.717, 1.165) is 42.6 Å². The summed E-state index contributed by atoms with van der Waals surface area (Å²) in [6.45, 7) is 4.11. The molecule has 1 atom stereocenters. The van der Waals surface area contributed by atoms with Crippen LogP contribution in [0.2, 0.25) is 0 Å². The van der Waals surface area contributed by atoms with Gasteiger partial charge in [-0.1, -0.05) is 30.3 Å². The van der Waals surface area contributed by atoms with Crippen molar-refractivity contribution in [1.82, 2.24) is 24.6 Å². The molecule has 2 aromatic carbocycles. The zero-order valence-electron chi connectivity index (χ0n) is 23.7. The van der Waals surface area contributed by atoms with Crippen molar-refractivity contribution in [3.05, 3.63) is 94.5 Å². The first-order valence-corrected chi connectivity index (χ1v) is 15.5. The Morgan fingerprint density at radius 1 is 1.05 bits per heavy atom. The highest BCUT2D eigenvalue weighted by atomic mass is 32.2. The van der Waals surface area contributed by atoms with E-state index in [1.807, 2.05) is 30.3 Å². The molecule has 11 nitrogen and oxygen atoms in total. The van der Waals surface area contributed by atoms with E-state index in [1.54, 1.807) is 36.7 Å². The van der Waals surface area contributed by atoms with Crippen LogP contribution in [0.25, 0.3) is 22.6 Å². The number of aromatic nitrogens is 4. The highest BCUT2D eigenvalue weighted by Crippen LogP contribution is 2.22. The summed E-state index contributed by atoms with van der Waals surface area (Å²) in [6.07, 6.45) is 5.03. The molecule has 0 aliphatic carbocycles. The van der Waals surface area contributed by atoms with Gasteiger partial charge >= 0.3 is 0 Å². The van der Waals surface area contributed by atoms with Crippen molar-refractivity contribution in [2.45, 2.75) is 31.6 Å². The Labute approximate surface area is 250 Å². The van der Waals surface area contributed by atoms with Crippen LogP contribution in [-0.2, 0) is 16.7 Å². The van der Waals surface area contributed by atoms with Gasteiger partial charge in [0.1, 0.15) is 0 Å². The standard InChI is InChI=1S/C31H32N6O5S/c1-22(43(39,40)41)19-36-12-10-23(11-13-36)21-42-28-17-33-31(34-18-28)27-7-3-5-25(15-27)20-37-30(38)9-8-29(35-37)26-6-2-4-24(14-26)16-32/h2-9,14-15,17-18,22-23H,10-13,19-21H2,1H3,(H,39,40,41). The molecule has 1 N–H and O–H groups in total. The second kappa shape index (κ2) is 13.2. The Balaban J connectivity index is 1.18. The second-order valence-electron chi connectivity index (χ2n) is 10.7. The Hall–Kier alpha value is -4.44. The number of hydrogen-bond donors (Lipinski definition) is 1. The van der Waals surface area contributed by atoms with E-state index < -0.39 is 15.4 Å². The largest absolute Gasteiger partial charge is 0.490 e. The maximum atomic E-state index is 12.6. The van der Waals surface area contributed by atoms with Crippen LogP contribution < -0.4 is 10.3 Å². The predicted octanol–water partition coefficient (Wildman–Crippen LogP) is 3.65. The van der Waals surface area contributed by atoms with Crippen LogP contribution in [0.3, 0.4) is 0 Å². The number of hydrogen-bond acceptors (Lipinski definition) is 9. The molecule has 1 aliphatic heterocycles. The third-order valence-corrected chi connectivity index (χ3v) is 8.68. The summed E-state index contributed by atoms with van der Waals surface area (Å²) in [5, 5.41) is 12.9. The van der Waals surface area contributed by atoms with Crippen molar-refractivity contribution in [2.24, 2.45) is 5.92 Å². The number of nitrogens with zero attached hydrogens (tertiary/aromatic N) is 6. The number of likely N-dealkylation sites (tertiary alicyclic amines) is 1. The number of nitriles is 1. The summed E-state index contributed by atoms with van der Waals surface area (Å²) in [5.74, 6) is 1.42. The second-order valence-corrected chi connectivity index (χ2v) is 12.6. The first-order valence-electron chi connectivity index (χ1n) is 14.0. The number of benzene rings is 2. The van der Waals surface area contributed by atoms with Gasteiger partial charge in [-0.05, 0) is 68.6 Å². The van der Waals surface area contributed by atoms with Gasteiger partial charge in [0.15, 0.2) is 11.6 Å². The molecule has 0 saturated carbocycles. The Morgan fingerprint density at radius 3 is 2.49 bits per heavy atom. The van der Waals surface area contributed by atoms with E-state index in [-0.39, 0.29) is 12.1 Å². The zero-order chi connectivity index (χ0) is 30.4. The molecule has 0 bridgehead atoms. The highest BCUT2D eigenvalue weighted by Gasteiger charge is 2.25. The minimum absolute atomic E-state index is 0.235.